The molecule has 2 bridgehead atoms. The Kier molecular flexibility index (Phi) is 4.81. The number of rotatable bonds is 4. The third kappa shape index (κ3) is 3.33. The van der Waals surface area contributed by atoms with Gasteiger partial charge in [0.25, 0.3) is 5.91 Å². The van der Waals surface area contributed by atoms with Crippen molar-refractivity contribution in [2.45, 2.75) is 37.6 Å². The number of nitrogens with one attached hydrogen (secondary N) is 1. The van der Waals surface area contributed by atoms with Gasteiger partial charge in [-0.25, -0.2) is 4.68 Å². The topological polar surface area (TPSA) is 46.9 Å². The molecule has 5 rings (SSSR count). The van der Waals surface area contributed by atoms with Gasteiger partial charge in [-0.1, -0.05) is 40.9 Å². The van der Waals surface area contributed by atoms with Gasteiger partial charge in [0.05, 0.1) is 11.4 Å². The van der Waals surface area contributed by atoms with Crippen LogP contribution in [0, 0.1) is 0 Å². The lowest BCUT2D eigenvalue weighted by Gasteiger charge is -2.14. The van der Waals surface area contributed by atoms with Crippen molar-refractivity contribution in [2.24, 2.45) is 0 Å². The molecule has 2 aromatic carbocycles. The lowest BCUT2D eigenvalue weighted by atomic mass is 9.95. The summed E-state index contributed by atoms with van der Waals surface area (Å²) >= 11 is 18.2. The molecule has 1 amide bonds. The van der Waals surface area contributed by atoms with Crippen LogP contribution >= 0.6 is 34.8 Å². The Hall–Kier alpha value is -2.01. The van der Waals surface area contributed by atoms with Crippen molar-refractivity contribution in [3.05, 3.63) is 80.0 Å². The van der Waals surface area contributed by atoms with Crippen molar-refractivity contribution in [3.63, 3.8) is 0 Å². The predicted molar refractivity (Wildman–Crippen MR) is 116 cm³/mol. The molecule has 1 aromatic heterocycles. The van der Waals surface area contributed by atoms with Crippen molar-refractivity contribution in [1.29, 1.82) is 0 Å². The first-order valence-corrected chi connectivity index (χ1v) is 10.8. The van der Waals surface area contributed by atoms with Crippen molar-refractivity contribution in [1.82, 2.24) is 15.1 Å². The zero-order valence-corrected chi connectivity index (χ0v) is 17.7. The van der Waals surface area contributed by atoms with E-state index in [9.17, 15) is 4.79 Å². The fraction of sp³-hybridized carbons (Fsp3) is 0.273. The van der Waals surface area contributed by atoms with Gasteiger partial charge >= 0.3 is 0 Å². The Morgan fingerprint density at radius 3 is 2.52 bits per heavy atom. The maximum Gasteiger partial charge on any atom is 0.272 e. The summed E-state index contributed by atoms with van der Waals surface area (Å²) in [6.07, 6.45) is 3.37. The van der Waals surface area contributed by atoms with Gasteiger partial charge in [0.15, 0.2) is 5.69 Å². The lowest BCUT2D eigenvalue weighted by Crippen LogP contribution is -2.25. The highest BCUT2D eigenvalue weighted by Crippen LogP contribution is 2.54. The largest absolute Gasteiger partial charge is 0.346 e. The Morgan fingerprint density at radius 1 is 1.03 bits per heavy atom. The van der Waals surface area contributed by atoms with Crippen LogP contribution in [0.25, 0.3) is 5.69 Å². The fourth-order valence-corrected chi connectivity index (χ4v) is 5.20. The van der Waals surface area contributed by atoms with Crippen LogP contribution in [0.5, 0.6) is 0 Å². The van der Waals surface area contributed by atoms with Gasteiger partial charge in [-0.15, -0.1) is 0 Å². The van der Waals surface area contributed by atoms with Gasteiger partial charge in [-0.2, -0.15) is 5.10 Å². The fourth-order valence-electron chi connectivity index (χ4n) is 4.60. The molecule has 1 fully saturated rings. The minimum atomic E-state index is -0.174. The van der Waals surface area contributed by atoms with Gasteiger partial charge in [0.2, 0.25) is 0 Å². The number of halogens is 3. The van der Waals surface area contributed by atoms with E-state index in [1.54, 1.807) is 12.1 Å². The van der Waals surface area contributed by atoms with Gasteiger partial charge in [0.1, 0.15) is 0 Å². The van der Waals surface area contributed by atoms with Gasteiger partial charge in [0, 0.05) is 33.1 Å². The molecule has 2 aliphatic carbocycles. The van der Waals surface area contributed by atoms with E-state index in [1.165, 1.54) is 5.69 Å². The van der Waals surface area contributed by atoms with Crippen LogP contribution in [0.15, 0.2) is 42.5 Å². The molecule has 2 atom stereocenters. The quantitative estimate of drug-likeness (QED) is 0.524. The van der Waals surface area contributed by atoms with Crippen molar-refractivity contribution in [2.75, 3.05) is 0 Å². The Bertz CT molecular complexity index is 1110. The third-order valence-corrected chi connectivity index (χ3v) is 6.77. The van der Waals surface area contributed by atoms with Crippen molar-refractivity contribution in [3.8, 4) is 5.69 Å². The second kappa shape index (κ2) is 7.35. The predicted octanol–water partition coefficient (Wildman–Crippen LogP) is 6.13. The minimum Gasteiger partial charge on any atom is -0.346 e. The highest BCUT2D eigenvalue weighted by atomic mass is 35.5. The molecule has 3 aromatic rings. The maximum atomic E-state index is 13.1. The zero-order chi connectivity index (χ0) is 20.1. The molecule has 0 saturated heterocycles. The van der Waals surface area contributed by atoms with Crippen molar-refractivity contribution >= 4 is 40.7 Å². The molecule has 148 valence electrons. The number of benzene rings is 2. The average Bonchev–Trinajstić information content (AvgIpc) is 3.40. The zero-order valence-electron chi connectivity index (χ0n) is 15.5. The summed E-state index contributed by atoms with van der Waals surface area (Å²) in [6.45, 7) is 0.325. The molecular formula is C22H18Cl3N3O. The number of carbonyl (C=O) groups is 1. The van der Waals surface area contributed by atoms with Gasteiger partial charge in [-0.05, 0) is 67.1 Å². The molecule has 1 N–H and O–H groups in total. The molecule has 1 heterocycles. The summed E-state index contributed by atoms with van der Waals surface area (Å²) < 4.78 is 1.93. The maximum absolute atomic E-state index is 13.1. The number of nitrogens with zero attached hydrogens (tertiary/aromatic N) is 2. The minimum absolute atomic E-state index is 0.174. The highest BCUT2D eigenvalue weighted by molar-refractivity contribution is 6.35. The highest BCUT2D eigenvalue weighted by Gasteiger charge is 2.44. The molecule has 1 saturated carbocycles. The second-order valence-corrected chi connectivity index (χ2v) is 8.94. The summed E-state index contributed by atoms with van der Waals surface area (Å²) in [6, 6.07) is 12.8. The summed E-state index contributed by atoms with van der Waals surface area (Å²) in [5.74, 6) is 0.703. The Balaban J connectivity index is 1.47. The van der Waals surface area contributed by atoms with E-state index in [4.69, 9.17) is 39.9 Å². The molecule has 4 nitrogen and oxygen atoms in total. The average molecular weight is 447 g/mol. The number of hydrogen-bond donors (Lipinski definition) is 1. The van der Waals surface area contributed by atoms with Crippen LogP contribution in [0.2, 0.25) is 15.1 Å². The van der Waals surface area contributed by atoms with Crippen LogP contribution < -0.4 is 5.32 Å². The van der Waals surface area contributed by atoms with Crippen LogP contribution in [0.3, 0.4) is 0 Å². The summed E-state index contributed by atoms with van der Waals surface area (Å²) in [5.41, 5.74) is 4.55. The van der Waals surface area contributed by atoms with E-state index in [0.29, 0.717) is 39.1 Å². The standard InChI is InChI=1S/C22H18Cl3N3O/c23-15-5-7-17(8-6-15)28-21-13-2-1-12(9-13)19(21)20(27-28)22(29)26-11-14-3-4-16(24)10-18(14)25/h3-8,10,12-13H,1-2,9,11H2,(H,26,29). The molecule has 0 radical (unpaired) electrons. The van der Waals surface area contributed by atoms with Crippen molar-refractivity contribution < 1.29 is 4.79 Å². The summed E-state index contributed by atoms with van der Waals surface area (Å²) in [7, 11) is 0. The third-order valence-electron chi connectivity index (χ3n) is 5.93. The summed E-state index contributed by atoms with van der Waals surface area (Å²) in [5, 5.41) is 9.49. The number of fused-ring (bicyclic) bond motifs is 5. The molecular weight excluding hydrogens is 429 g/mol. The molecule has 7 heteroatoms. The monoisotopic (exact) mass is 445 g/mol. The molecule has 2 unspecified atom stereocenters. The van der Waals surface area contributed by atoms with Crippen LogP contribution in [-0.4, -0.2) is 15.7 Å². The molecule has 2 aliphatic rings. The Labute approximate surface area is 183 Å². The number of aromatic nitrogens is 2. The number of carbonyl (C=O) groups excluding carboxylic acids is 1. The first-order chi connectivity index (χ1) is 14.0. The SMILES string of the molecule is O=C(NCc1ccc(Cl)cc1Cl)c1nn(-c2ccc(Cl)cc2)c2c1C1CCC2C1. The number of hydrogen-bond acceptors (Lipinski definition) is 2. The van der Waals surface area contributed by atoms with E-state index < -0.39 is 0 Å². The lowest BCUT2D eigenvalue weighted by molar-refractivity contribution is 0.0944. The molecule has 29 heavy (non-hydrogen) atoms. The van der Waals surface area contributed by atoms with E-state index in [1.807, 2.05) is 35.0 Å². The van der Waals surface area contributed by atoms with Gasteiger partial charge in [-0.3, -0.25) is 4.79 Å². The second-order valence-electron chi connectivity index (χ2n) is 7.66. The van der Waals surface area contributed by atoms with Gasteiger partial charge < -0.3 is 5.32 Å². The normalized spacial score (nSPS) is 19.4. The van der Waals surface area contributed by atoms with E-state index >= 15 is 0 Å². The van der Waals surface area contributed by atoms with Crippen LogP contribution in [0.4, 0.5) is 0 Å². The van der Waals surface area contributed by atoms with E-state index in [-0.39, 0.29) is 5.91 Å². The Morgan fingerprint density at radius 2 is 1.76 bits per heavy atom. The molecule has 0 spiro atoms. The summed E-state index contributed by atoms with van der Waals surface area (Å²) in [4.78, 5) is 13.1. The van der Waals surface area contributed by atoms with E-state index in [0.717, 1.165) is 36.1 Å². The first-order valence-electron chi connectivity index (χ1n) is 9.62. The van der Waals surface area contributed by atoms with Crippen LogP contribution in [0.1, 0.15) is 58.4 Å². The smallest absolute Gasteiger partial charge is 0.272 e. The van der Waals surface area contributed by atoms with E-state index in [2.05, 4.69) is 5.32 Å². The first kappa shape index (κ1) is 19.0. The molecule has 0 aliphatic heterocycles. The van der Waals surface area contributed by atoms with Crippen LogP contribution in [-0.2, 0) is 6.54 Å². The number of amides is 1.